The van der Waals surface area contributed by atoms with Crippen molar-refractivity contribution in [3.63, 3.8) is 0 Å². The molecule has 0 atom stereocenters. The van der Waals surface area contributed by atoms with E-state index in [2.05, 4.69) is 14.9 Å². The number of halogens is 1. The molecule has 26 heavy (non-hydrogen) atoms. The molecule has 2 saturated heterocycles. The van der Waals surface area contributed by atoms with E-state index in [0.29, 0.717) is 6.54 Å². The molecule has 2 aliphatic heterocycles. The third kappa shape index (κ3) is 4.07. The molecule has 0 saturated carbocycles. The molecular formula is C18H26FN3O3S. The minimum absolute atomic E-state index is 0.0533. The molecule has 2 N–H and O–H groups in total. The third-order valence-corrected chi connectivity index (χ3v) is 6.94. The number of alkyl halides is 1. The quantitative estimate of drug-likeness (QED) is 0.716. The predicted molar refractivity (Wildman–Crippen MR) is 97.3 cm³/mol. The van der Waals surface area contributed by atoms with E-state index in [1.54, 1.807) is 0 Å². The Kier molecular flexibility index (Phi) is 5.94. The molecular weight excluding hydrogens is 357 g/mol. The second-order valence-corrected chi connectivity index (χ2v) is 8.81. The Labute approximate surface area is 154 Å². The van der Waals surface area contributed by atoms with Crippen LogP contribution in [0.5, 0.6) is 0 Å². The fourth-order valence-electron chi connectivity index (χ4n) is 4.20. The Balaban J connectivity index is 1.62. The lowest BCUT2D eigenvalue weighted by molar-refractivity contribution is 0.0950. The van der Waals surface area contributed by atoms with Crippen molar-refractivity contribution in [3.8, 4) is 0 Å². The lowest BCUT2D eigenvalue weighted by Gasteiger charge is -2.32. The molecule has 1 amide bonds. The van der Waals surface area contributed by atoms with Crippen molar-refractivity contribution in [2.75, 3.05) is 32.9 Å². The second-order valence-electron chi connectivity index (χ2n) is 7.04. The van der Waals surface area contributed by atoms with Crippen LogP contribution in [0.25, 0.3) is 0 Å². The standard InChI is InChI=1S/C18H26FN3O3S/c19-9-11-20-17(23)15-4-1-5-16(14-15)26(24,25)21-10-8-18-6-2-12-22(18)13-3-7-18/h1,4-5,14,21H,2-3,6-13H2,(H,20,23). The van der Waals surface area contributed by atoms with Crippen molar-refractivity contribution in [1.82, 2.24) is 14.9 Å². The Bertz CT molecular complexity index is 744. The summed E-state index contributed by atoms with van der Waals surface area (Å²) >= 11 is 0. The number of hydrogen-bond donors (Lipinski definition) is 2. The summed E-state index contributed by atoms with van der Waals surface area (Å²) in [5, 5.41) is 2.40. The van der Waals surface area contributed by atoms with Crippen molar-refractivity contribution in [2.45, 2.75) is 42.5 Å². The fraction of sp³-hybridized carbons (Fsp3) is 0.611. The van der Waals surface area contributed by atoms with Crippen LogP contribution in [0.4, 0.5) is 4.39 Å². The van der Waals surface area contributed by atoms with Gasteiger partial charge in [0.25, 0.3) is 5.91 Å². The van der Waals surface area contributed by atoms with Crippen LogP contribution >= 0.6 is 0 Å². The molecule has 0 aromatic heterocycles. The van der Waals surface area contributed by atoms with Crippen LogP contribution in [0.2, 0.25) is 0 Å². The molecule has 144 valence electrons. The molecule has 8 heteroatoms. The molecule has 2 aliphatic rings. The Morgan fingerprint density at radius 2 is 1.92 bits per heavy atom. The molecule has 0 spiro atoms. The molecule has 2 heterocycles. The lowest BCUT2D eigenvalue weighted by atomic mass is 9.90. The van der Waals surface area contributed by atoms with Gasteiger partial charge in [-0.05, 0) is 63.4 Å². The number of sulfonamides is 1. The van der Waals surface area contributed by atoms with E-state index in [4.69, 9.17) is 0 Å². The topological polar surface area (TPSA) is 78.5 Å². The minimum Gasteiger partial charge on any atom is -0.349 e. The van der Waals surface area contributed by atoms with Crippen molar-refractivity contribution in [1.29, 1.82) is 0 Å². The van der Waals surface area contributed by atoms with Crippen molar-refractivity contribution >= 4 is 15.9 Å². The van der Waals surface area contributed by atoms with Gasteiger partial charge in [-0.15, -0.1) is 0 Å². The van der Waals surface area contributed by atoms with Gasteiger partial charge >= 0.3 is 0 Å². The number of fused-ring (bicyclic) bond motifs is 1. The van der Waals surface area contributed by atoms with Gasteiger partial charge in [-0.3, -0.25) is 9.69 Å². The van der Waals surface area contributed by atoms with E-state index < -0.39 is 22.6 Å². The Morgan fingerprint density at radius 1 is 1.19 bits per heavy atom. The monoisotopic (exact) mass is 383 g/mol. The smallest absolute Gasteiger partial charge is 0.251 e. The van der Waals surface area contributed by atoms with Crippen LogP contribution in [0.1, 0.15) is 42.5 Å². The summed E-state index contributed by atoms with van der Waals surface area (Å²) < 4.78 is 40.0. The van der Waals surface area contributed by atoms with Crippen molar-refractivity contribution in [3.05, 3.63) is 29.8 Å². The lowest BCUT2D eigenvalue weighted by Crippen LogP contribution is -2.41. The van der Waals surface area contributed by atoms with E-state index >= 15 is 0 Å². The maximum absolute atomic E-state index is 12.6. The highest BCUT2D eigenvalue weighted by molar-refractivity contribution is 7.89. The molecule has 2 fully saturated rings. The number of carbonyl (C=O) groups excluding carboxylic acids is 1. The maximum atomic E-state index is 12.6. The normalized spacial score (nSPS) is 19.4. The zero-order valence-electron chi connectivity index (χ0n) is 14.8. The van der Waals surface area contributed by atoms with Gasteiger partial charge in [0.1, 0.15) is 6.67 Å². The molecule has 3 rings (SSSR count). The number of benzene rings is 1. The summed E-state index contributed by atoms with van der Waals surface area (Å²) in [7, 11) is -3.68. The van der Waals surface area contributed by atoms with E-state index in [0.717, 1.165) is 32.4 Å². The van der Waals surface area contributed by atoms with Gasteiger partial charge in [-0.25, -0.2) is 17.5 Å². The first-order valence-corrected chi connectivity index (χ1v) is 10.6. The van der Waals surface area contributed by atoms with Gasteiger partial charge in [-0.2, -0.15) is 0 Å². The molecule has 0 aliphatic carbocycles. The number of nitrogens with one attached hydrogen (secondary N) is 2. The second kappa shape index (κ2) is 8.02. The summed E-state index contributed by atoms with van der Waals surface area (Å²) in [6.07, 6.45) is 5.45. The predicted octanol–water partition coefficient (Wildman–Crippen LogP) is 1.68. The van der Waals surface area contributed by atoms with Crippen LogP contribution < -0.4 is 10.0 Å². The van der Waals surface area contributed by atoms with E-state index in [-0.39, 0.29) is 22.5 Å². The highest BCUT2D eigenvalue weighted by Crippen LogP contribution is 2.41. The van der Waals surface area contributed by atoms with Crippen LogP contribution in [0.15, 0.2) is 29.2 Å². The molecule has 0 bridgehead atoms. The van der Waals surface area contributed by atoms with Gasteiger partial charge in [0.05, 0.1) is 4.90 Å². The summed E-state index contributed by atoms with van der Waals surface area (Å²) in [4.78, 5) is 14.4. The van der Waals surface area contributed by atoms with E-state index in [1.165, 1.54) is 37.1 Å². The van der Waals surface area contributed by atoms with Crippen LogP contribution in [-0.4, -0.2) is 57.6 Å². The third-order valence-electron chi connectivity index (χ3n) is 5.48. The zero-order chi connectivity index (χ0) is 18.6. The largest absolute Gasteiger partial charge is 0.349 e. The molecule has 6 nitrogen and oxygen atoms in total. The van der Waals surface area contributed by atoms with Crippen LogP contribution in [0, 0.1) is 0 Å². The van der Waals surface area contributed by atoms with Gasteiger partial charge < -0.3 is 5.32 Å². The number of rotatable bonds is 8. The van der Waals surface area contributed by atoms with E-state index in [9.17, 15) is 17.6 Å². The highest BCUT2D eigenvalue weighted by Gasteiger charge is 2.43. The Hall–Kier alpha value is -1.51. The number of carbonyl (C=O) groups is 1. The minimum atomic E-state index is -3.68. The molecule has 1 aromatic rings. The van der Waals surface area contributed by atoms with Crippen molar-refractivity contribution < 1.29 is 17.6 Å². The van der Waals surface area contributed by atoms with Crippen LogP contribution in [-0.2, 0) is 10.0 Å². The summed E-state index contributed by atoms with van der Waals surface area (Å²) in [6, 6.07) is 5.82. The zero-order valence-corrected chi connectivity index (χ0v) is 15.7. The van der Waals surface area contributed by atoms with Gasteiger partial charge in [-0.1, -0.05) is 6.07 Å². The first-order chi connectivity index (χ1) is 12.5. The maximum Gasteiger partial charge on any atom is 0.251 e. The van der Waals surface area contributed by atoms with Gasteiger partial charge in [0.15, 0.2) is 0 Å². The average Bonchev–Trinajstić information content (AvgIpc) is 3.19. The Morgan fingerprint density at radius 3 is 2.62 bits per heavy atom. The summed E-state index contributed by atoms with van der Waals surface area (Å²) in [5.41, 5.74) is 0.369. The number of hydrogen-bond acceptors (Lipinski definition) is 4. The fourth-order valence-corrected chi connectivity index (χ4v) is 5.28. The molecule has 0 radical (unpaired) electrons. The summed E-state index contributed by atoms with van der Waals surface area (Å²) in [5.74, 6) is -0.480. The first-order valence-electron chi connectivity index (χ1n) is 9.16. The molecule has 0 unspecified atom stereocenters. The number of nitrogens with zero attached hydrogens (tertiary/aromatic N) is 1. The van der Waals surface area contributed by atoms with Gasteiger partial charge in [0.2, 0.25) is 10.0 Å². The first kappa shape index (κ1) is 19.3. The number of amides is 1. The van der Waals surface area contributed by atoms with Crippen LogP contribution in [0.3, 0.4) is 0 Å². The van der Waals surface area contributed by atoms with Crippen molar-refractivity contribution in [2.24, 2.45) is 0 Å². The molecule has 1 aromatic carbocycles. The highest BCUT2D eigenvalue weighted by atomic mass is 32.2. The summed E-state index contributed by atoms with van der Waals surface area (Å²) in [6.45, 7) is 1.86. The van der Waals surface area contributed by atoms with Gasteiger partial charge in [0, 0.05) is 24.2 Å². The SMILES string of the molecule is O=C(NCCF)c1cccc(S(=O)(=O)NCCC23CCCN2CCC3)c1. The van der Waals surface area contributed by atoms with E-state index in [1.807, 2.05) is 0 Å². The average molecular weight is 383 g/mol.